The summed E-state index contributed by atoms with van der Waals surface area (Å²) in [6.07, 6.45) is 0.162. The molecule has 0 radical (unpaired) electrons. The zero-order valence-corrected chi connectivity index (χ0v) is 8.07. The molecule has 0 saturated carbocycles. The summed E-state index contributed by atoms with van der Waals surface area (Å²) in [5.41, 5.74) is 9.76. The van der Waals surface area contributed by atoms with Crippen LogP contribution in [0.5, 0.6) is 0 Å². The maximum absolute atomic E-state index is 10.7. The number of rotatable bonds is 4. The van der Waals surface area contributed by atoms with Crippen LogP contribution < -0.4 is 16.8 Å². The highest BCUT2D eigenvalue weighted by Crippen LogP contribution is 2.16. The summed E-state index contributed by atoms with van der Waals surface area (Å²) in [7, 11) is 0. The average molecular weight is 199 g/mol. The van der Waals surface area contributed by atoms with Gasteiger partial charge >= 0.3 is 12.0 Å². The van der Waals surface area contributed by atoms with Crippen LogP contribution in [-0.2, 0) is 4.79 Å². The number of hydrogen-bond acceptors (Lipinski definition) is 6. The fraction of sp³-hybridized carbons (Fsp3) is 0.571. The molecule has 0 atom stereocenters. The number of nitrogens with two attached hydrogens (primary N) is 2. The molecule has 78 valence electrons. The van der Waals surface area contributed by atoms with Gasteiger partial charge in [0.25, 0.3) is 0 Å². The van der Waals surface area contributed by atoms with Gasteiger partial charge in [0.15, 0.2) is 0 Å². The fourth-order valence-corrected chi connectivity index (χ4v) is 1.05. The van der Waals surface area contributed by atoms with E-state index in [-0.39, 0.29) is 18.5 Å². The molecule has 1 amide bonds. The Bertz CT molecular complexity index is 333. The first kappa shape index (κ1) is 10.3. The molecule has 1 aromatic heterocycles. The number of nitrogens with one attached hydrogen (secondary N) is 1. The van der Waals surface area contributed by atoms with E-state index < -0.39 is 11.4 Å². The fourth-order valence-electron chi connectivity index (χ4n) is 1.05. The van der Waals surface area contributed by atoms with Crippen molar-refractivity contribution in [2.45, 2.75) is 25.8 Å². The molecule has 0 unspecified atom stereocenters. The van der Waals surface area contributed by atoms with E-state index in [0.29, 0.717) is 0 Å². The second-order valence-electron chi connectivity index (χ2n) is 3.60. The molecule has 0 aliphatic rings. The molecule has 0 aliphatic carbocycles. The third-order valence-electron chi connectivity index (χ3n) is 1.50. The first-order valence-corrected chi connectivity index (χ1v) is 4.04. The highest BCUT2D eigenvalue weighted by molar-refractivity contribution is 5.75. The number of hydrogen-bond donors (Lipinski definition) is 3. The molecular formula is C7H13N5O2. The summed E-state index contributed by atoms with van der Waals surface area (Å²) in [6, 6.07) is 0.149. The largest absolute Gasteiger partial charge is 0.390 e. The molecule has 7 nitrogen and oxygen atoms in total. The highest BCUT2D eigenvalue weighted by atomic mass is 16.4. The third-order valence-corrected chi connectivity index (χ3v) is 1.50. The molecule has 0 aliphatic heterocycles. The van der Waals surface area contributed by atoms with Crippen LogP contribution in [0.3, 0.4) is 0 Å². The van der Waals surface area contributed by atoms with Gasteiger partial charge in [-0.1, -0.05) is 10.2 Å². The Labute approximate surface area is 80.8 Å². The molecule has 5 N–H and O–H groups in total. The minimum absolute atomic E-state index is 0.0256. The van der Waals surface area contributed by atoms with Gasteiger partial charge < -0.3 is 21.2 Å². The number of aromatic nitrogens is 2. The van der Waals surface area contributed by atoms with Crippen molar-refractivity contribution in [3.05, 3.63) is 0 Å². The topological polar surface area (TPSA) is 120 Å². The van der Waals surface area contributed by atoms with Crippen LogP contribution >= 0.6 is 0 Å². The van der Waals surface area contributed by atoms with E-state index in [1.54, 1.807) is 13.8 Å². The molecule has 0 saturated heterocycles. The van der Waals surface area contributed by atoms with Crippen molar-refractivity contribution in [2.75, 3.05) is 11.1 Å². The second kappa shape index (κ2) is 3.52. The van der Waals surface area contributed by atoms with Crippen molar-refractivity contribution in [3.8, 4) is 0 Å². The lowest BCUT2D eigenvalue weighted by atomic mass is 10.0. The maximum Gasteiger partial charge on any atom is 0.317 e. The molecule has 0 fully saturated rings. The zero-order chi connectivity index (χ0) is 10.8. The van der Waals surface area contributed by atoms with E-state index in [2.05, 4.69) is 15.5 Å². The lowest BCUT2D eigenvalue weighted by Crippen LogP contribution is -2.36. The van der Waals surface area contributed by atoms with Crippen molar-refractivity contribution in [2.24, 2.45) is 5.73 Å². The van der Waals surface area contributed by atoms with E-state index in [1.165, 1.54) is 0 Å². The molecular weight excluding hydrogens is 186 g/mol. The number of nitrogen functional groups attached to an aromatic ring is 1. The summed E-state index contributed by atoms with van der Waals surface area (Å²) < 4.78 is 4.89. The number of amides is 1. The number of carbonyl (C=O) groups is 1. The van der Waals surface area contributed by atoms with Crippen molar-refractivity contribution in [1.29, 1.82) is 0 Å². The lowest BCUT2D eigenvalue weighted by Gasteiger charge is -2.22. The Kier molecular flexibility index (Phi) is 2.59. The summed E-state index contributed by atoms with van der Waals surface area (Å²) in [6.45, 7) is 3.58. The van der Waals surface area contributed by atoms with Crippen molar-refractivity contribution >= 4 is 17.9 Å². The molecule has 1 aromatic rings. The van der Waals surface area contributed by atoms with E-state index in [4.69, 9.17) is 15.9 Å². The lowest BCUT2D eigenvalue weighted by molar-refractivity contribution is -0.118. The normalized spacial score (nSPS) is 11.3. The van der Waals surface area contributed by atoms with Gasteiger partial charge in [-0.2, -0.15) is 0 Å². The summed E-state index contributed by atoms with van der Waals surface area (Å²) in [4.78, 5) is 10.7. The zero-order valence-electron chi connectivity index (χ0n) is 8.07. The predicted molar refractivity (Wildman–Crippen MR) is 50.2 cm³/mol. The van der Waals surface area contributed by atoms with Crippen LogP contribution in [0, 0.1) is 0 Å². The van der Waals surface area contributed by atoms with E-state index in [1.807, 2.05) is 0 Å². The van der Waals surface area contributed by atoms with Crippen LogP contribution in [-0.4, -0.2) is 21.6 Å². The molecule has 14 heavy (non-hydrogen) atoms. The van der Waals surface area contributed by atoms with Crippen LogP contribution in [0.15, 0.2) is 4.42 Å². The second-order valence-corrected chi connectivity index (χ2v) is 3.60. The standard InChI is InChI=1S/C7H13N5O2/c1-7(2,3-4(8)13)10-6-12-11-5(9)14-6/h3H2,1-2H3,(H2,8,13)(H2,9,11)(H,10,12). The Morgan fingerprint density at radius 2 is 2.21 bits per heavy atom. The average Bonchev–Trinajstić information content (AvgIpc) is 2.30. The van der Waals surface area contributed by atoms with E-state index in [9.17, 15) is 4.79 Å². The Hall–Kier alpha value is -1.79. The van der Waals surface area contributed by atoms with Gasteiger partial charge in [-0.25, -0.2) is 0 Å². The van der Waals surface area contributed by atoms with Gasteiger partial charge in [-0.15, -0.1) is 0 Å². The number of primary amides is 1. The first-order valence-electron chi connectivity index (χ1n) is 4.04. The van der Waals surface area contributed by atoms with Crippen LogP contribution in [0.4, 0.5) is 12.0 Å². The van der Waals surface area contributed by atoms with Crippen LogP contribution in [0.25, 0.3) is 0 Å². The Balaban J connectivity index is 2.63. The summed E-state index contributed by atoms with van der Waals surface area (Å²) in [5, 5.41) is 9.92. The van der Waals surface area contributed by atoms with Crippen LogP contribution in [0.1, 0.15) is 20.3 Å². The number of nitrogens with zero attached hydrogens (tertiary/aromatic N) is 2. The predicted octanol–water partition coefficient (Wildman–Crippen LogP) is -0.282. The monoisotopic (exact) mass is 199 g/mol. The highest BCUT2D eigenvalue weighted by Gasteiger charge is 2.22. The van der Waals surface area contributed by atoms with Crippen molar-refractivity contribution in [1.82, 2.24) is 10.2 Å². The number of anilines is 2. The van der Waals surface area contributed by atoms with Crippen LogP contribution in [0.2, 0.25) is 0 Å². The molecule has 0 spiro atoms. The molecule has 0 bridgehead atoms. The maximum atomic E-state index is 10.7. The smallest absolute Gasteiger partial charge is 0.317 e. The van der Waals surface area contributed by atoms with Gasteiger partial charge in [0.05, 0.1) is 0 Å². The Morgan fingerprint density at radius 1 is 1.57 bits per heavy atom. The minimum Gasteiger partial charge on any atom is -0.390 e. The van der Waals surface area contributed by atoms with Gasteiger partial charge in [-0.05, 0) is 13.8 Å². The molecule has 0 aromatic carbocycles. The van der Waals surface area contributed by atoms with Crippen molar-refractivity contribution < 1.29 is 9.21 Å². The molecule has 7 heteroatoms. The Morgan fingerprint density at radius 3 is 2.64 bits per heavy atom. The van der Waals surface area contributed by atoms with E-state index >= 15 is 0 Å². The first-order chi connectivity index (χ1) is 6.39. The molecule has 1 heterocycles. The summed E-state index contributed by atoms with van der Waals surface area (Å²) in [5.74, 6) is -0.407. The van der Waals surface area contributed by atoms with Gasteiger partial charge in [0, 0.05) is 12.0 Å². The SMILES string of the molecule is CC(C)(CC(N)=O)Nc1nnc(N)o1. The van der Waals surface area contributed by atoms with E-state index in [0.717, 1.165) is 0 Å². The van der Waals surface area contributed by atoms with Gasteiger partial charge in [-0.3, -0.25) is 4.79 Å². The number of carbonyl (C=O) groups excluding carboxylic acids is 1. The molecule has 1 rings (SSSR count). The third kappa shape index (κ3) is 2.92. The minimum atomic E-state index is -0.537. The van der Waals surface area contributed by atoms with Gasteiger partial charge in [0.1, 0.15) is 0 Å². The quantitative estimate of drug-likeness (QED) is 0.613. The summed E-state index contributed by atoms with van der Waals surface area (Å²) >= 11 is 0. The van der Waals surface area contributed by atoms with Gasteiger partial charge in [0.2, 0.25) is 5.91 Å². The van der Waals surface area contributed by atoms with Crippen molar-refractivity contribution in [3.63, 3.8) is 0 Å².